The van der Waals surface area contributed by atoms with Crippen molar-refractivity contribution < 1.29 is 0 Å². The lowest BCUT2D eigenvalue weighted by Gasteiger charge is -2.35. The second-order valence-electron chi connectivity index (χ2n) is 6.17. The molecule has 1 fully saturated rings. The third kappa shape index (κ3) is 2.39. The van der Waals surface area contributed by atoms with Crippen molar-refractivity contribution in [3.63, 3.8) is 0 Å². The van der Waals surface area contributed by atoms with Gasteiger partial charge in [0.25, 0.3) is 0 Å². The molecule has 0 aromatic heterocycles. The Morgan fingerprint density at radius 3 is 2.83 bits per heavy atom. The fourth-order valence-corrected chi connectivity index (χ4v) is 3.42. The summed E-state index contributed by atoms with van der Waals surface area (Å²) in [6.07, 6.45) is 6.89. The van der Waals surface area contributed by atoms with Gasteiger partial charge in [0.15, 0.2) is 0 Å². The van der Waals surface area contributed by atoms with Gasteiger partial charge < -0.3 is 10.6 Å². The number of anilines is 1. The SMILES string of the molecule is CC1(NCC2CNc3ccccc32)CCCCC1. The van der Waals surface area contributed by atoms with Crippen molar-refractivity contribution in [2.75, 3.05) is 18.4 Å². The summed E-state index contributed by atoms with van der Waals surface area (Å²) in [7, 11) is 0. The Hall–Kier alpha value is -1.02. The third-order valence-corrected chi connectivity index (χ3v) is 4.67. The van der Waals surface area contributed by atoms with Crippen LogP contribution < -0.4 is 10.6 Å². The maximum atomic E-state index is 3.84. The summed E-state index contributed by atoms with van der Waals surface area (Å²) in [6, 6.07) is 8.73. The molecule has 1 aliphatic carbocycles. The first-order chi connectivity index (χ1) is 8.77. The molecule has 0 spiro atoms. The molecule has 2 heteroatoms. The first kappa shape index (κ1) is 12.0. The van der Waals surface area contributed by atoms with Crippen molar-refractivity contribution in [1.29, 1.82) is 0 Å². The van der Waals surface area contributed by atoms with E-state index in [2.05, 4.69) is 41.8 Å². The molecule has 1 aromatic rings. The highest BCUT2D eigenvalue weighted by Gasteiger charge is 2.28. The van der Waals surface area contributed by atoms with Crippen molar-refractivity contribution in [3.8, 4) is 0 Å². The Balaban J connectivity index is 1.61. The smallest absolute Gasteiger partial charge is 0.0376 e. The van der Waals surface area contributed by atoms with E-state index in [0.717, 1.165) is 13.1 Å². The van der Waals surface area contributed by atoms with Gasteiger partial charge in [0.1, 0.15) is 0 Å². The number of rotatable bonds is 3. The van der Waals surface area contributed by atoms with Gasteiger partial charge in [-0.15, -0.1) is 0 Å². The molecule has 3 rings (SSSR count). The Bertz CT molecular complexity index is 407. The summed E-state index contributed by atoms with van der Waals surface area (Å²) in [4.78, 5) is 0. The average molecular weight is 244 g/mol. The number of hydrogen-bond acceptors (Lipinski definition) is 2. The fraction of sp³-hybridized carbons (Fsp3) is 0.625. The topological polar surface area (TPSA) is 24.1 Å². The second kappa shape index (κ2) is 4.93. The molecular weight excluding hydrogens is 220 g/mol. The summed E-state index contributed by atoms with van der Waals surface area (Å²) in [5, 5.41) is 7.35. The lowest BCUT2D eigenvalue weighted by Crippen LogP contribution is -2.45. The van der Waals surface area contributed by atoms with Crippen LogP contribution in [-0.2, 0) is 0 Å². The van der Waals surface area contributed by atoms with Gasteiger partial charge in [-0.1, -0.05) is 37.5 Å². The van der Waals surface area contributed by atoms with Crippen molar-refractivity contribution in [2.24, 2.45) is 0 Å². The molecule has 0 radical (unpaired) electrons. The normalized spacial score (nSPS) is 25.5. The fourth-order valence-electron chi connectivity index (χ4n) is 3.42. The molecule has 2 nitrogen and oxygen atoms in total. The Labute approximate surface area is 110 Å². The van der Waals surface area contributed by atoms with E-state index in [0.29, 0.717) is 11.5 Å². The van der Waals surface area contributed by atoms with Gasteiger partial charge in [-0.05, 0) is 31.4 Å². The zero-order valence-electron chi connectivity index (χ0n) is 11.3. The molecule has 1 atom stereocenters. The summed E-state index contributed by atoms with van der Waals surface area (Å²) in [6.45, 7) is 4.60. The van der Waals surface area contributed by atoms with E-state index < -0.39 is 0 Å². The van der Waals surface area contributed by atoms with E-state index in [1.165, 1.54) is 43.4 Å². The largest absolute Gasteiger partial charge is 0.384 e. The van der Waals surface area contributed by atoms with Crippen molar-refractivity contribution in [1.82, 2.24) is 5.32 Å². The highest BCUT2D eigenvalue weighted by atomic mass is 15.0. The maximum absolute atomic E-state index is 3.84. The van der Waals surface area contributed by atoms with Crippen LogP contribution in [0.4, 0.5) is 5.69 Å². The second-order valence-corrected chi connectivity index (χ2v) is 6.17. The molecule has 18 heavy (non-hydrogen) atoms. The third-order valence-electron chi connectivity index (χ3n) is 4.67. The molecule has 1 aromatic carbocycles. The standard InChI is InChI=1S/C16H24N2/c1-16(9-5-2-6-10-16)18-12-13-11-17-15-8-4-3-7-14(13)15/h3-4,7-8,13,17-18H,2,5-6,9-12H2,1H3. The van der Waals surface area contributed by atoms with Crippen LogP contribution >= 0.6 is 0 Å². The van der Waals surface area contributed by atoms with Crippen molar-refractivity contribution in [2.45, 2.75) is 50.5 Å². The lowest BCUT2D eigenvalue weighted by molar-refractivity contribution is 0.251. The van der Waals surface area contributed by atoms with E-state index in [1.54, 1.807) is 0 Å². The first-order valence-electron chi connectivity index (χ1n) is 7.35. The van der Waals surface area contributed by atoms with E-state index >= 15 is 0 Å². The van der Waals surface area contributed by atoms with Gasteiger partial charge in [-0.3, -0.25) is 0 Å². The van der Waals surface area contributed by atoms with Crippen LogP contribution in [0.1, 0.15) is 50.5 Å². The van der Waals surface area contributed by atoms with Crippen LogP contribution in [0.3, 0.4) is 0 Å². The highest BCUT2D eigenvalue weighted by molar-refractivity contribution is 5.57. The van der Waals surface area contributed by atoms with E-state index in [9.17, 15) is 0 Å². The molecule has 0 bridgehead atoms. The Kier molecular flexibility index (Phi) is 3.29. The van der Waals surface area contributed by atoms with Crippen LogP contribution in [0, 0.1) is 0 Å². The maximum Gasteiger partial charge on any atom is 0.0376 e. The predicted molar refractivity (Wildman–Crippen MR) is 77.2 cm³/mol. The summed E-state index contributed by atoms with van der Waals surface area (Å²) < 4.78 is 0. The summed E-state index contributed by atoms with van der Waals surface area (Å²) >= 11 is 0. The van der Waals surface area contributed by atoms with Gasteiger partial charge >= 0.3 is 0 Å². The van der Waals surface area contributed by atoms with E-state index in [4.69, 9.17) is 0 Å². The van der Waals surface area contributed by atoms with Gasteiger partial charge in [0, 0.05) is 30.2 Å². The number of nitrogens with one attached hydrogen (secondary N) is 2. The molecular formula is C16H24N2. The van der Waals surface area contributed by atoms with E-state index in [1.807, 2.05) is 0 Å². The number of para-hydroxylation sites is 1. The lowest BCUT2D eigenvalue weighted by atomic mass is 9.83. The van der Waals surface area contributed by atoms with Crippen LogP contribution in [0.2, 0.25) is 0 Å². The van der Waals surface area contributed by atoms with Crippen molar-refractivity contribution >= 4 is 5.69 Å². The van der Waals surface area contributed by atoms with Crippen LogP contribution in [0.25, 0.3) is 0 Å². The molecule has 1 heterocycles. The first-order valence-corrected chi connectivity index (χ1v) is 7.35. The number of fused-ring (bicyclic) bond motifs is 1. The van der Waals surface area contributed by atoms with Crippen LogP contribution in [-0.4, -0.2) is 18.6 Å². The molecule has 0 saturated heterocycles. The van der Waals surface area contributed by atoms with Gasteiger partial charge in [0.2, 0.25) is 0 Å². The molecule has 0 amide bonds. The Morgan fingerprint density at radius 2 is 2.00 bits per heavy atom. The zero-order chi connectivity index (χ0) is 12.4. The minimum atomic E-state index is 0.385. The zero-order valence-corrected chi connectivity index (χ0v) is 11.3. The number of hydrogen-bond donors (Lipinski definition) is 2. The Morgan fingerprint density at radius 1 is 1.22 bits per heavy atom. The quantitative estimate of drug-likeness (QED) is 0.850. The molecule has 2 aliphatic rings. The number of benzene rings is 1. The molecule has 1 saturated carbocycles. The van der Waals surface area contributed by atoms with Crippen molar-refractivity contribution in [3.05, 3.63) is 29.8 Å². The average Bonchev–Trinajstić information content (AvgIpc) is 2.81. The summed E-state index contributed by atoms with van der Waals surface area (Å²) in [5.74, 6) is 0.639. The predicted octanol–water partition coefficient (Wildman–Crippen LogP) is 3.51. The highest BCUT2D eigenvalue weighted by Crippen LogP contribution is 2.32. The molecule has 2 N–H and O–H groups in total. The van der Waals surface area contributed by atoms with Gasteiger partial charge in [0.05, 0.1) is 0 Å². The molecule has 1 unspecified atom stereocenters. The van der Waals surface area contributed by atoms with Crippen LogP contribution in [0.15, 0.2) is 24.3 Å². The minimum Gasteiger partial charge on any atom is -0.384 e. The summed E-state index contributed by atoms with van der Waals surface area (Å²) in [5.41, 5.74) is 3.21. The van der Waals surface area contributed by atoms with Crippen LogP contribution in [0.5, 0.6) is 0 Å². The van der Waals surface area contributed by atoms with Gasteiger partial charge in [-0.2, -0.15) is 0 Å². The molecule has 98 valence electrons. The monoisotopic (exact) mass is 244 g/mol. The minimum absolute atomic E-state index is 0.385. The van der Waals surface area contributed by atoms with E-state index in [-0.39, 0.29) is 0 Å². The van der Waals surface area contributed by atoms with Gasteiger partial charge in [-0.25, -0.2) is 0 Å². The molecule has 1 aliphatic heterocycles.